The molecule has 3 rings (SSSR count). The first-order valence-corrected chi connectivity index (χ1v) is 5.56. The zero-order valence-corrected chi connectivity index (χ0v) is 10.1. The van der Waals surface area contributed by atoms with Gasteiger partial charge in [0.2, 0.25) is 0 Å². The summed E-state index contributed by atoms with van der Waals surface area (Å²) < 4.78 is 6.92. The smallest absolute Gasteiger partial charge is 0.171 e. The molecule has 2 heterocycles. The minimum Gasteiger partial charge on any atom is -0.497 e. The van der Waals surface area contributed by atoms with Crippen molar-refractivity contribution in [3.05, 3.63) is 42.6 Å². The maximum atomic E-state index is 8.98. The fraction of sp³-hybridized carbons (Fsp3) is 0.0769. The Morgan fingerprint density at radius 1 is 1.16 bits per heavy atom. The van der Waals surface area contributed by atoms with Crippen molar-refractivity contribution in [2.45, 2.75) is 0 Å². The van der Waals surface area contributed by atoms with Crippen molar-refractivity contribution >= 4 is 11.2 Å². The summed E-state index contributed by atoms with van der Waals surface area (Å²) >= 11 is 0. The molecule has 0 saturated heterocycles. The Hall–Kier alpha value is -2.94. The van der Waals surface area contributed by atoms with E-state index in [-0.39, 0.29) is 5.69 Å². The molecule has 0 aliphatic rings. The monoisotopic (exact) mass is 251 g/mol. The van der Waals surface area contributed by atoms with Crippen molar-refractivity contribution in [1.29, 1.82) is 5.26 Å². The van der Waals surface area contributed by atoms with E-state index in [1.165, 1.54) is 6.33 Å². The highest BCUT2D eigenvalue weighted by molar-refractivity contribution is 5.77. The van der Waals surface area contributed by atoms with Crippen LogP contribution in [0.15, 0.2) is 36.9 Å². The van der Waals surface area contributed by atoms with Gasteiger partial charge in [0.1, 0.15) is 30.0 Å². The van der Waals surface area contributed by atoms with Gasteiger partial charge >= 0.3 is 0 Å². The summed E-state index contributed by atoms with van der Waals surface area (Å²) in [5, 5.41) is 8.98. The van der Waals surface area contributed by atoms with Crippen LogP contribution in [0, 0.1) is 11.3 Å². The van der Waals surface area contributed by atoms with Gasteiger partial charge in [-0.1, -0.05) is 0 Å². The molecule has 19 heavy (non-hydrogen) atoms. The lowest BCUT2D eigenvalue weighted by atomic mass is 10.3. The van der Waals surface area contributed by atoms with Crippen LogP contribution in [0.1, 0.15) is 5.69 Å². The summed E-state index contributed by atoms with van der Waals surface area (Å²) in [4.78, 5) is 12.3. The van der Waals surface area contributed by atoms with Gasteiger partial charge in [-0.25, -0.2) is 15.0 Å². The van der Waals surface area contributed by atoms with E-state index < -0.39 is 0 Å². The molecule has 0 radical (unpaired) electrons. The lowest BCUT2D eigenvalue weighted by Gasteiger charge is -2.04. The molecule has 0 unspecified atom stereocenters. The first-order valence-electron chi connectivity index (χ1n) is 5.56. The number of imidazole rings is 1. The van der Waals surface area contributed by atoms with Crippen LogP contribution in [-0.4, -0.2) is 26.6 Å². The summed E-state index contributed by atoms with van der Waals surface area (Å²) in [6.07, 6.45) is 2.99. The van der Waals surface area contributed by atoms with Gasteiger partial charge in [0.05, 0.1) is 7.11 Å². The Bertz CT molecular complexity index is 770. The standard InChI is InChI=1S/C13H9N5O/c1-19-10-4-2-9(3-5-10)18-8-17-12-11(6-14)15-7-16-13(12)18/h2-5,7-8H,1H3. The third kappa shape index (κ3) is 1.77. The number of rotatable bonds is 2. The maximum absolute atomic E-state index is 8.98. The van der Waals surface area contributed by atoms with Crippen LogP contribution < -0.4 is 4.74 Å². The minimum atomic E-state index is 0.275. The molecule has 3 aromatic rings. The van der Waals surface area contributed by atoms with Gasteiger partial charge in [0.25, 0.3) is 0 Å². The average molecular weight is 251 g/mol. The van der Waals surface area contributed by atoms with Gasteiger partial charge < -0.3 is 4.74 Å². The second-order valence-electron chi connectivity index (χ2n) is 3.82. The van der Waals surface area contributed by atoms with Crippen molar-refractivity contribution in [1.82, 2.24) is 19.5 Å². The molecule has 0 spiro atoms. The molecule has 0 amide bonds. The summed E-state index contributed by atoms with van der Waals surface area (Å²) in [7, 11) is 1.62. The quantitative estimate of drug-likeness (QED) is 0.692. The Kier molecular flexibility index (Phi) is 2.58. The van der Waals surface area contributed by atoms with E-state index in [0.717, 1.165) is 11.4 Å². The molecule has 0 N–H and O–H groups in total. The van der Waals surface area contributed by atoms with Crippen LogP contribution in [0.2, 0.25) is 0 Å². The zero-order valence-electron chi connectivity index (χ0n) is 10.1. The Labute approximate surface area is 108 Å². The molecule has 1 aromatic carbocycles. The van der Waals surface area contributed by atoms with Gasteiger partial charge in [0.15, 0.2) is 11.3 Å². The van der Waals surface area contributed by atoms with Crippen LogP contribution in [-0.2, 0) is 0 Å². The van der Waals surface area contributed by atoms with Crippen molar-refractivity contribution in [2.24, 2.45) is 0 Å². The third-order valence-electron chi connectivity index (χ3n) is 2.79. The minimum absolute atomic E-state index is 0.275. The molecule has 2 aromatic heterocycles. The first kappa shape index (κ1) is 11.2. The van der Waals surface area contributed by atoms with E-state index in [1.54, 1.807) is 18.0 Å². The summed E-state index contributed by atoms with van der Waals surface area (Å²) in [5.74, 6) is 0.778. The molecule has 0 saturated carbocycles. The van der Waals surface area contributed by atoms with Gasteiger partial charge in [-0.2, -0.15) is 5.26 Å². The van der Waals surface area contributed by atoms with E-state index in [4.69, 9.17) is 10.00 Å². The molecule has 0 atom stereocenters. The first-order chi connectivity index (χ1) is 9.33. The van der Waals surface area contributed by atoms with Crippen molar-refractivity contribution in [3.8, 4) is 17.5 Å². The normalized spacial score (nSPS) is 10.3. The van der Waals surface area contributed by atoms with Crippen molar-refractivity contribution in [2.75, 3.05) is 7.11 Å². The molecule has 0 aliphatic carbocycles. The lowest BCUT2D eigenvalue weighted by molar-refractivity contribution is 0.415. The van der Waals surface area contributed by atoms with E-state index in [0.29, 0.717) is 11.2 Å². The van der Waals surface area contributed by atoms with Gasteiger partial charge in [0, 0.05) is 5.69 Å². The van der Waals surface area contributed by atoms with Crippen LogP contribution in [0.5, 0.6) is 5.75 Å². The largest absolute Gasteiger partial charge is 0.497 e. The van der Waals surface area contributed by atoms with E-state index in [1.807, 2.05) is 30.3 Å². The highest BCUT2D eigenvalue weighted by Gasteiger charge is 2.10. The van der Waals surface area contributed by atoms with E-state index >= 15 is 0 Å². The lowest BCUT2D eigenvalue weighted by Crippen LogP contribution is -1.95. The fourth-order valence-corrected chi connectivity index (χ4v) is 1.85. The van der Waals surface area contributed by atoms with Crippen LogP contribution in [0.3, 0.4) is 0 Å². The number of aromatic nitrogens is 4. The molecule has 92 valence electrons. The molecule has 0 fully saturated rings. The molecule has 6 heteroatoms. The van der Waals surface area contributed by atoms with E-state index in [9.17, 15) is 0 Å². The summed E-state index contributed by atoms with van der Waals surface area (Å²) in [6.45, 7) is 0. The summed E-state index contributed by atoms with van der Waals surface area (Å²) in [5.41, 5.74) is 2.28. The third-order valence-corrected chi connectivity index (χ3v) is 2.79. The second kappa shape index (κ2) is 4.38. The van der Waals surface area contributed by atoms with Crippen molar-refractivity contribution < 1.29 is 4.74 Å². The number of nitriles is 1. The highest BCUT2D eigenvalue weighted by atomic mass is 16.5. The number of hydrogen-bond donors (Lipinski definition) is 0. The molecule has 0 bridgehead atoms. The van der Waals surface area contributed by atoms with Gasteiger partial charge in [-0.15, -0.1) is 0 Å². The summed E-state index contributed by atoms with van der Waals surface area (Å²) in [6, 6.07) is 9.51. The number of hydrogen-bond acceptors (Lipinski definition) is 5. The second-order valence-corrected chi connectivity index (χ2v) is 3.82. The van der Waals surface area contributed by atoms with Crippen molar-refractivity contribution in [3.63, 3.8) is 0 Å². The molecule has 6 nitrogen and oxygen atoms in total. The highest BCUT2D eigenvalue weighted by Crippen LogP contribution is 2.19. The number of fused-ring (bicyclic) bond motifs is 1. The Balaban J connectivity index is 2.17. The predicted octanol–water partition coefficient (Wildman–Crippen LogP) is 1.70. The van der Waals surface area contributed by atoms with Crippen LogP contribution >= 0.6 is 0 Å². The van der Waals surface area contributed by atoms with Crippen LogP contribution in [0.4, 0.5) is 0 Å². The number of methoxy groups -OCH3 is 1. The molecular formula is C13H9N5O. The van der Waals surface area contributed by atoms with Crippen LogP contribution in [0.25, 0.3) is 16.9 Å². The average Bonchev–Trinajstić information content (AvgIpc) is 2.91. The molecule has 0 aliphatic heterocycles. The fourth-order valence-electron chi connectivity index (χ4n) is 1.85. The number of nitrogens with zero attached hydrogens (tertiary/aromatic N) is 5. The maximum Gasteiger partial charge on any atom is 0.171 e. The Morgan fingerprint density at radius 3 is 2.63 bits per heavy atom. The van der Waals surface area contributed by atoms with Gasteiger partial charge in [-0.05, 0) is 24.3 Å². The Morgan fingerprint density at radius 2 is 1.95 bits per heavy atom. The topological polar surface area (TPSA) is 76.6 Å². The zero-order chi connectivity index (χ0) is 13.2. The SMILES string of the molecule is COc1ccc(-n2cnc3c(C#N)ncnc32)cc1. The van der Waals surface area contributed by atoms with Gasteiger partial charge in [-0.3, -0.25) is 4.57 Å². The van der Waals surface area contributed by atoms with E-state index in [2.05, 4.69) is 15.0 Å². The number of benzene rings is 1. The molecular weight excluding hydrogens is 242 g/mol. The number of ether oxygens (including phenoxy) is 1. The predicted molar refractivity (Wildman–Crippen MR) is 67.9 cm³/mol.